The van der Waals surface area contributed by atoms with Crippen molar-refractivity contribution in [3.05, 3.63) is 0 Å². The van der Waals surface area contributed by atoms with Gasteiger partial charge in [-0.1, -0.05) is 0 Å². The SMILES string of the molecule is C1COCN1.[B]. The van der Waals surface area contributed by atoms with Gasteiger partial charge in [-0.15, -0.1) is 0 Å². The van der Waals surface area contributed by atoms with E-state index in [4.69, 9.17) is 4.74 Å². The molecule has 0 atom stereocenters. The molecule has 1 rings (SSSR count). The van der Waals surface area contributed by atoms with Gasteiger partial charge < -0.3 is 4.74 Å². The average molecular weight is 83.9 g/mol. The quantitative estimate of drug-likeness (QED) is 0.387. The van der Waals surface area contributed by atoms with Crippen LogP contribution in [0.4, 0.5) is 0 Å². The van der Waals surface area contributed by atoms with E-state index in [1.165, 1.54) is 0 Å². The molecular weight excluding hydrogens is 76.9 g/mol. The van der Waals surface area contributed by atoms with E-state index < -0.39 is 0 Å². The number of nitrogens with one attached hydrogen (secondary N) is 1. The van der Waals surface area contributed by atoms with Gasteiger partial charge in [0.25, 0.3) is 0 Å². The van der Waals surface area contributed by atoms with Crippen LogP contribution < -0.4 is 5.32 Å². The number of hydrogen-bond donors (Lipinski definition) is 1. The summed E-state index contributed by atoms with van der Waals surface area (Å²) in [5, 5.41) is 3.00. The highest BCUT2D eigenvalue weighted by molar-refractivity contribution is 5.75. The van der Waals surface area contributed by atoms with E-state index in [1.54, 1.807) is 0 Å². The third-order valence-electron chi connectivity index (χ3n) is 0.627. The van der Waals surface area contributed by atoms with E-state index in [1.807, 2.05) is 0 Å². The zero-order chi connectivity index (χ0) is 3.54. The van der Waals surface area contributed by atoms with Crippen LogP contribution in [0.1, 0.15) is 0 Å². The molecule has 0 saturated carbocycles. The Morgan fingerprint density at radius 2 is 2.33 bits per heavy atom. The third-order valence-corrected chi connectivity index (χ3v) is 0.627. The van der Waals surface area contributed by atoms with Crippen molar-refractivity contribution >= 4 is 8.41 Å². The average Bonchev–Trinajstić information content (AvgIpc) is 1.76. The van der Waals surface area contributed by atoms with Gasteiger partial charge in [0.1, 0.15) is 0 Å². The highest BCUT2D eigenvalue weighted by Gasteiger charge is 1.92. The standard InChI is InChI=1S/C3H7NO.B/c1-2-5-3-4-1;/h4H,1-3H2;. The van der Waals surface area contributed by atoms with Crippen LogP contribution >= 0.6 is 0 Å². The summed E-state index contributed by atoms with van der Waals surface area (Å²) in [6.45, 7) is 2.67. The molecule has 1 aliphatic heterocycles. The Labute approximate surface area is 39.4 Å². The van der Waals surface area contributed by atoms with Crippen LogP contribution in [0.3, 0.4) is 0 Å². The summed E-state index contributed by atoms with van der Waals surface area (Å²) < 4.78 is 4.83. The van der Waals surface area contributed by atoms with Crippen LogP contribution in [-0.2, 0) is 4.74 Å². The molecule has 3 heteroatoms. The van der Waals surface area contributed by atoms with E-state index >= 15 is 0 Å². The van der Waals surface area contributed by atoms with E-state index in [0.29, 0.717) is 0 Å². The molecule has 0 amide bonds. The van der Waals surface area contributed by atoms with E-state index in [0.717, 1.165) is 19.9 Å². The van der Waals surface area contributed by atoms with Gasteiger partial charge in [0, 0.05) is 15.0 Å². The van der Waals surface area contributed by atoms with Crippen molar-refractivity contribution in [2.24, 2.45) is 0 Å². The van der Waals surface area contributed by atoms with Crippen LogP contribution in [0.15, 0.2) is 0 Å². The van der Waals surface area contributed by atoms with Crippen LogP contribution in [0, 0.1) is 0 Å². The van der Waals surface area contributed by atoms with Gasteiger partial charge in [-0.3, -0.25) is 5.32 Å². The second-order valence-electron chi connectivity index (χ2n) is 1.05. The molecule has 33 valence electrons. The third kappa shape index (κ3) is 1.43. The molecule has 0 aromatic carbocycles. The minimum Gasteiger partial charge on any atom is -0.365 e. The van der Waals surface area contributed by atoms with E-state index in [9.17, 15) is 0 Å². The lowest BCUT2D eigenvalue weighted by Crippen LogP contribution is -2.05. The number of hydrogen-bond acceptors (Lipinski definition) is 2. The maximum absolute atomic E-state index is 4.83. The van der Waals surface area contributed by atoms with Gasteiger partial charge in [-0.25, -0.2) is 0 Å². The fourth-order valence-electron chi connectivity index (χ4n) is 0.361. The highest BCUT2D eigenvalue weighted by Crippen LogP contribution is 1.75. The molecule has 2 nitrogen and oxygen atoms in total. The molecule has 1 heterocycles. The zero-order valence-corrected chi connectivity index (χ0v) is 3.61. The minimum absolute atomic E-state index is 0. The van der Waals surface area contributed by atoms with Gasteiger partial charge in [0.15, 0.2) is 0 Å². The lowest BCUT2D eigenvalue weighted by Gasteiger charge is -1.76. The molecule has 0 aromatic heterocycles. The van der Waals surface area contributed by atoms with Crippen molar-refractivity contribution in [3.8, 4) is 0 Å². The van der Waals surface area contributed by atoms with Crippen molar-refractivity contribution in [1.29, 1.82) is 0 Å². The first-order valence-corrected chi connectivity index (χ1v) is 1.78. The van der Waals surface area contributed by atoms with Crippen LogP contribution in [0.5, 0.6) is 0 Å². The number of ether oxygens (including phenoxy) is 1. The second-order valence-corrected chi connectivity index (χ2v) is 1.05. The number of rotatable bonds is 0. The van der Waals surface area contributed by atoms with Crippen LogP contribution in [0.2, 0.25) is 0 Å². The van der Waals surface area contributed by atoms with E-state index in [-0.39, 0.29) is 8.41 Å². The Hall–Kier alpha value is -0.0151. The predicted octanol–water partition coefficient (Wildman–Crippen LogP) is -0.817. The largest absolute Gasteiger partial charge is 0.365 e. The maximum atomic E-state index is 4.83. The van der Waals surface area contributed by atoms with Gasteiger partial charge in [-0.05, 0) is 0 Å². The summed E-state index contributed by atoms with van der Waals surface area (Å²) in [6.07, 6.45) is 0. The van der Waals surface area contributed by atoms with Gasteiger partial charge in [0.2, 0.25) is 0 Å². The molecule has 1 fully saturated rings. The second kappa shape index (κ2) is 3.19. The molecule has 0 aromatic rings. The fourth-order valence-corrected chi connectivity index (χ4v) is 0.361. The van der Waals surface area contributed by atoms with Crippen molar-refractivity contribution in [2.75, 3.05) is 19.9 Å². The Morgan fingerprint density at radius 1 is 1.50 bits per heavy atom. The molecule has 0 spiro atoms. The predicted molar refractivity (Wildman–Crippen MR) is 24.6 cm³/mol. The molecule has 1 N–H and O–H groups in total. The minimum atomic E-state index is 0. The van der Waals surface area contributed by atoms with Crippen molar-refractivity contribution < 1.29 is 4.74 Å². The molecule has 0 unspecified atom stereocenters. The van der Waals surface area contributed by atoms with Gasteiger partial charge in [0.05, 0.1) is 13.3 Å². The molecule has 1 aliphatic rings. The lowest BCUT2D eigenvalue weighted by molar-refractivity contribution is 0.194. The Balaban J connectivity index is 0.000000250. The summed E-state index contributed by atoms with van der Waals surface area (Å²) in [4.78, 5) is 0. The topological polar surface area (TPSA) is 21.3 Å². The first-order chi connectivity index (χ1) is 2.50. The van der Waals surface area contributed by atoms with Crippen LogP contribution in [-0.4, -0.2) is 28.3 Å². The molecule has 6 heavy (non-hydrogen) atoms. The van der Waals surface area contributed by atoms with Gasteiger partial charge in [-0.2, -0.15) is 0 Å². The highest BCUT2D eigenvalue weighted by atomic mass is 16.5. The molecular formula is C3H7BNO. The first kappa shape index (κ1) is 5.98. The van der Waals surface area contributed by atoms with E-state index in [2.05, 4.69) is 5.32 Å². The Morgan fingerprint density at radius 3 is 2.50 bits per heavy atom. The normalized spacial score (nSPS) is 20.0. The van der Waals surface area contributed by atoms with Crippen molar-refractivity contribution in [2.45, 2.75) is 0 Å². The van der Waals surface area contributed by atoms with Crippen molar-refractivity contribution in [1.82, 2.24) is 5.32 Å². The molecule has 0 bridgehead atoms. The zero-order valence-electron chi connectivity index (χ0n) is 3.61. The summed E-state index contributed by atoms with van der Waals surface area (Å²) in [7, 11) is 0. The fraction of sp³-hybridized carbons (Fsp3) is 1.00. The monoisotopic (exact) mass is 84.1 g/mol. The smallest absolute Gasteiger partial charge is 0.0966 e. The molecule has 1 saturated heterocycles. The van der Waals surface area contributed by atoms with Crippen molar-refractivity contribution in [3.63, 3.8) is 0 Å². The summed E-state index contributed by atoms with van der Waals surface area (Å²) in [5.74, 6) is 0. The molecule has 0 aliphatic carbocycles. The Bertz CT molecular complexity index is 22.4. The Kier molecular flexibility index (Phi) is 3.18. The summed E-state index contributed by atoms with van der Waals surface area (Å²) >= 11 is 0. The van der Waals surface area contributed by atoms with Gasteiger partial charge >= 0.3 is 0 Å². The van der Waals surface area contributed by atoms with Crippen LogP contribution in [0.25, 0.3) is 0 Å². The summed E-state index contributed by atoms with van der Waals surface area (Å²) in [5.41, 5.74) is 0. The lowest BCUT2D eigenvalue weighted by atomic mass is 10.7. The maximum Gasteiger partial charge on any atom is 0.0966 e. The molecule has 3 radical (unpaired) electrons. The summed E-state index contributed by atoms with van der Waals surface area (Å²) in [6, 6.07) is 0. The first-order valence-electron chi connectivity index (χ1n) is 1.78.